The molecule has 1 aliphatic rings. The summed E-state index contributed by atoms with van der Waals surface area (Å²) in [6.07, 6.45) is 2.08. The van der Waals surface area contributed by atoms with Gasteiger partial charge in [0.05, 0.1) is 12.0 Å². The summed E-state index contributed by atoms with van der Waals surface area (Å²) in [5.74, 6) is 0.152. The molecule has 0 fully saturated rings. The van der Waals surface area contributed by atoms with Gasteiger partial charge in [-0.3, -0.25) is 4.79 Å². The second-order valence-electron chi connectivity index (χ2n) is 5.41. The number of anilines is 1. The van der Waals surface area contributed by atoms with Gasteiger partial charge >= 0.3 is 0 Å². The Kier molecular flexibility index (Phi) is 2.96. The summed E-state index contributed by atoms with van der Waals surface area (Å²) in [7, 11) is 1.81. The highest BCUT2D eigenvalue weighted by molar-refractivity contribution is 6.00. The van der Waals surface area contributed by atoms with Gasteiger partial charge in [0.2, 0.25) is 5.91 Å². The molecule has 1 aromatic carbocycles. The monoisotopic (exact) mass is 233 g/mol. The molecule has 0 radical (unpaired) electrons. The molecule has 1 aromatic rings. The zero-order chi connectivity index (χ0) is 12.6. The predicted molar refractivity (Wildman–Crippen MR) is 68.2 cm³/mol. The summed E-state index contributed by atoms with van der Waals surface area (Å²) >= 11 is 0. The van der Waals surface area contributed by atoms with Gasteiger partial charge in [0.25, 0.3) is 0 Å². The van der Waals surface area contributed by atoms with Gasteiger partial charge in [0.15, 0.2) is 0 Å². The number of fused-ring (bicyclic) bond motifs is 1. The SMILES string of the molecule is CN1C(=O)Cc2cc(CCC(C)(C)O)ccc21. The van der Waals surface area contributed by atoms with Crippen LogP contribution in [-0.2, 0) is 17.6 Å². The summed E-state index contributed by atoms with van der Waals surface area (Å²) < 4.78 is 0. The fraction of sp³-hybridized carbons (Fsp3) is 0.500. The maximum Gasteiger partial charge on any atom is 0.231 e. The summed E-state index contributed by atoms with van der Waals surface area (Å²) in [6.45, 7) is 3.63. The largest absolute Gasteiger partial charge is 0.390 e. The van der Waals surface area contributed by atoms with Crippen molar-refractivity contribution in [3.8, 4) is 0 Å². The molecule has 0 bridgehead atoms. The standard InChI is InChI=1S/C14H19NO2/c1-14(2,17)7-6-10-4-5-12-11(8-10)9-13(16)15(12)3/h4-5,8,17H,6-7,9H2,1-3H3. The van der Waals surface area contributed by atoms with Gasteiger partial charge in [-0.2, -0.15) is 0 Å². The Morgan fingerprint density at radius 3 is 2.76 bits per heavy atom. The van der Waals surface area contributed by atoms with Gasteiger partial charge in [0.1, 0.15) is 0 Å². The van der Waals surface area contributed by atoms with Gasteiger partial charge in [0, 0.05) is 12.7 Å². The molecule has 0 aliphatic carbocycles. The third-order valence-electron chi connectivity index (χ3n) is 3.25. The average molecular weight is 233 g/mol. The highest BCUT2D eigenvalue weighted by Crippen LogP contribution is 2.29. The first-order valence-electron chi connectivity index (χ1n) is 5.97. The Balaban J connectivity index is 2.14. The van der Waals surface area contributed by atoms with Gasteiger partial charge in [-0.25, -0.2) is 0 Å². The number of aryl methyl sites for hydroxylation is 1. The van der Waals surface area contributed by atoms with Crippen LogP contribution in [0.2, 0.25) is 0 Å². The van der Waals surface area contributed by atoms with Crippen molar-refractivity contribution in [2.75, 3.05) is 11.9 Å². The predicted octanol–water partition coefficient (Wildman–Crippen LogP) is 1.91. The lowest BCUT2D eigenvalue weighted by molar-refractivity contribution is -0.117. The van der Waals surface area contributed by atoms with Crippen molar-refractivity contribution in [2.45, 2.75) is 38.7 Å². The molecule has 0 unspecified atom stereocenters. The summed E-state index contributed by atoms with van der Waals surface area (Å²) in [6, 6.07) is 6.13. The van der Waals surface area contributed by atoms with E-state index in [0.29, 0.717) is 6.42 Å². The molecule has 3 nitrogen and oxygen atoms in total. The number of carbonyl (C=O) groups excluding carboxylic acids is 1. The zero-order valence-corrected chi connectivity index (χ0v) is 10.7. The van der Waals surface area contributed by atoms with Crippen LogP contribution >= 0.6 is 0 Å². The Labute approximate surface area is 102 Å². The van der Waals surface area contributed by atoms with Crippen molar-refractivity contribution in [1.82, 2.24) is 0 Å². The van der Waals surface area contributed by atoms with Gasteiger partial charge in [-0.05, 0) is 43.9 Å². The highest BCUT2D eigenvalue weighted by Gasteiger charge is 2.24. The van der Waals surface area contributed by atoms with E-state index in [1.807, 2.05) is 33.0 Å². The number of carbonyl (C=O) groups is 1. The molecule has 0 atom stereocenters. The zero-order valence-electron chi connectivity index (χ0n) is 10.7. The molecule has 2 rings (SSSR count). The molecule has 1 heterocycles. The van der Waals surface area contributed by atoms with Crippen LogP contribution in [0.25, 0.3) is 0 Å². The molecule has 17 heavy (non-hydrogen) atoms. The number of nitrogens with zero attached hydrogens (tertiary/aromatic N) is 1. The van der Waals surface area contributed by atoms with E-state index < -0.39 is 5.60 Å². The molecule has 0 aromatic heterocycles. The quantitative estimate of drug-likeness (QED) is 0.866. The molecule has 1 N–H and O–H groups in total. The molecule has 0 saturated heterocycles. The summed E-state index contributed by atoms with van der Waals surface area (Å²) in [4.78, 5) is 13.2. The van der Waals surface area contributed by atoms with E-state index in [2.05, 4.69) is 6.07 Å². The van der Waals surface area contributed by atoms with Crippen LogP contribution in [0.15, 0.2) is 18.2 Å². The topological polar surface area (TPSA) is 40.5 Å². The fourth-order valence-corrected chi connectivity index (χ4v) is 2.13. The number of hydrogen-bond acceptors (Lipinski definition) is 2. The van der Waals surface area contributed by atoms with E-state index in [1.54, 1.807) is 4.90 Å². The van der Waals surface area contributed by atoms with Crippen LogP contribution in [0.3, 0.4) is 0 Å². The number of benzene rings is 1. The number of aliphatic hydroxyl groups is 1. The minimum atomic E-state index is -0.633. The number of hydrogen-bond donors (Lipinski definition) is 1. The van der Waals surface area contributed by atoms with Crippen molar-refractivity contribution in [3.63, 3.8) is 0 Å². The second-order valence-corrected chi connectivity index (χ2v) is 5.41. The minimum Gasteiger partial charge on any atom is -0.390 e. The molecule has 0 saturated carbocycles. The Morgan fingerprint density at radius 1 is 1.41 bits per heavy atom. The third kappa shape index (κ3) is 2.67. The smallest absolute Gasteiger partial charge is 0.231 e. The average Bonchev–Trinajstić information content (AvgIpc) is 2.51. The van der Waals surface area contributed by atoms with E-state index in [-0.39, 0.29) is 5.91 Å². The van der Waals surface area contributed by atoms with Crippen LogP contribution < -0.4 is 4.90 Å². The second kappa shape index (κ2) is 4.15. The van der Waals surface area contributed by atoms with Crippen LogP contribution in [0, 0.1) is 0 Å². The van der Waals surface area contributed by atoms with E-state index in [9.17, 15) is 9.90 Å². The first kappa shape index (κ1) is 12.1. The lowest BCUT2D eigenvalue weighted by Crippen LogP contribution is -2.20. The van der Waals surface area contributed by atoms with Gasteiger partial charge < -0.3 is 10.0 Å². The van der Waals surface area contributed by atoms with Crippen LogP contribution in [-0.4, -0.2) is 23.7 Å². The van der Waals surface area contributed by atoms with Crippen LogP contribution in [0.4, 0.5) is 5.69 Å². The first-order valence-corrected chi connectivity index (χ1v) is 5.97. The number of amides is 1. The van der Waals surface area contributed by atoms with Gasteiger partial charge in [-0.1, -0.05) is 12.1 Å². The molecule has 3 heteroatoms. The van der Waals surface area contributed by atoms with Gasteiger partial charge in [-0.15, -0.1) is 0 Å². The Hall–Kier alpha value is -1.35. The molecule has 1 amide bonds. The van der Waals surface area contributed by atoms with Crippen LogP contribution in [0.1, 0.15) is 31.4 Å². The molecule has 0 spiro atoms. The summed E-state index contributed by atoms with van der Waals surface area (Å²) in [5, 5.41) is 9.69. The van der Waals surface area contributed by atoms with E-state index in [4.69, 9.17) is 0 Å². The lowest BCUT2D eigenvalue weighted by Gasteiger charge is -2.17. The van der Waals surface area contributed by atoms with Crippen molar-refractivity contribution in [3.05, 3.63) is 29.3 Å². The molecule has 92 valence electrons. The third-order valence-corrected chi connectivity index (χ3v) is 3.25. The molecular weight excluding hydrogens is 214 g/mol. The van der Waals surface area contributed by atoms with Crippen molar-refractivity contribution < 1.29 is 9.90 Å². The Morgan fingerprint density at radius 2 is 2.12 bits per heavy atom. The minimum absolute atomic E-state index is 0.152. The van der Waals surface area contributed by atoms with Crippen molar-refractivity contribution >= 4 is 11.6 Å². The number of likely N-dealkylation sites (N-methyl/N-ethyl adjacent to an activating group) is 1. The number of rotatable bonds is 3. The highest BCUT2D eigenvalue weighted by atomic mass is 16.3. The maximum atomic E-state index is 11.5. The molecule has 1 aliphatic heterocycles. The van der Waals surface area contributed by atoms with E-state index in [1.165, 1.54) is 5.56 Å². The lowest BCUT2D eigenvalue weighted by atomic mass is 9.97. The first-order chi connectivity index (χ1) is 7.87. The van der Waals surface area contributed by atoms with Crippen LogP contribution in [0.5, 0.6) is 0 Å². The normalized spacial score (nSPS) is 15.3. The van der Waals surface area contributed by atoms with Crippen molar-refractivity contribution in [2.24, 2.45) is 0 Å². The van der Waals surface area contributed by atoms with Crippen molar-refractivity contribution in [1.29, 1.82) is 0 Å². The van der Waals surface area contributed by atoms with E-state index in [0.717, 1.165) is 24.1 Å². The Bertz CT molecular complexity index is 446. The maximum absolute atomic E-state index is 11.5. The molecular formula is C14H19NO2. The van der Waals surface area contributed by atoms with E-state index >= 15 is 0 Å². The fourth-order valence-electron chi connectivity index (χ4n) is 2.13. The summed E-state index contributed by atoms with van der Waals surface area (Å²) in [5.41, 5.74) is 2.67.